The first kappa shape index (κ1) is 13.4. The predicted molar refractivity (Wildman–Crippen MR) is 71.6 cm³/mol. The molecule has 2 amide bonds. The van der Waals surface area contributed by atoms with Crippen LogP contribution in [0, 0.1) is 0 Å². The van der Waals surface area contributed by atoms with E-state index in [1.54, 1.807) is 23.5 Å². The molecule has 2 N–H and O–H groups in total. The minimum atomic E-state index is -0.651. The number of furan rings is 1. The Hall–Kier alpha value is -2.08. The van der Waals surface area contributed by atoms with E-state index < -0.39 is 11.8 Å². The first-order valence-corrected chi connectivity index (χ1v) is 6.79. The topological polar surface area (TPSA) is 71.3 Å². The average molecular weight is 278 g/mol. The molecule has 0 aliphatic carbocycles. The van der Waals surface area contributed by atoms with E-state index in [4.69, 9.17) is 4.42 Å². The van der Waals surface area contributed by atoms with Crippen LogP contribution >= 0.6 is 11.3 Å². The summed E-state index contributed by atoms with van der Waals surface area (Å²) < 4.78 is 5.05. The summed E-state index contributed by atoms with van der Waals surface area (Å²) in [6.07, 6.45) is 2.24. The van der Waals surface area contributed by atoms with Crippen LogP contribution in [0.2, 0.25) is 0 Å². The van der Waals surface area contributed by atoms with Crippen molar-refractivity contribution in [2.75, 3.05) is 6.54 Å². The van der Waals surface area contributed by atoms with Crippen molar-refractivity contribution >= 4 is 23.2 Å². The van der Waals surface area contributed by atoms with E-state index in [1.165, 1.54) is 6.26 Å². The van der Waals surface area contributed by atoms with E-state index in [0.29, 0.717) is 12.3 Å². The standard InChI is InChI=1S/C13H14N2O3S/c16-12(14-5-3-10-4-7-19-9-10)13(17)15-8-11-2-1-6-18-11/h1-2,4,6-7,9H,3,5,8H2,(H,14,16)(H,15,17). The molecular formula is C13H14N2O3S. The third-order valence-electron chi connectivity index (χ3n) is 2.49. The van der Waals surface area contributed by atoms with Crippen LogP contribution in [0.25, 0.3) is 0 Å². The molecule has 2 aromatic heterocycles. The van der Waals surface area contributed by atoms with Gasteiger partial charge in [-0.15, -0.1) is 0 Å². The monoisotopic (exact) mass is 278 g/mol. The Morgan fingerprint density at radius 2 is 2.05 bits per heavy atom. The number of carbonyl (C=O) groups is 2. The summed E-state index contributed by atoms with van der Waals surface area (Å²) in [6, 6.07) is 5.45. The van der Waals surface area contributed by atoms with E-state index in [0.717, 1.165) is 12.0 Å². The lowest BCUT2D eigenvalue weighted by Gasteiger charge is -2.04. The highest BCUT2D eigenvalue weighted by Gasteiger charge is 2.12. The molecule has 2 aromatic rings. The molecule has 2 rings (SSSR count). The van der Waals surface area contributed by atoms with Gasteiger partial charge in [0, 0.05) is 6.54 Å². The van der Waals surface area contributed by atoms with Crippen molar-refractivity contribution in [3.63, 3.8) is 0 Å². The van der Waals surface area contributed by atoms with Crippen LogP contribution in [-0.4, -0.2) is 18.4 Å². The zero-order valence-corrected chi connectivity index (χ0v) is 11.0. The lowest BCUT2D eigenvalue weighted by atomic mass is 10.2. The van der Waals surface area contributed by atoms with Gasteiger partial charge in [-0.25, -0.2) is 0 Å². The van der Waals surface area contributed by atoms with Crippen molar-refractivity contribution in [3.05, 3.63) is 46.5 Å². The summed E-state index contributed by atoms with van der Waals surface area (Å²) in [5, 5.41) is 9.06. The number of hydrogen-bond acceptors (Lipinski definition) is 4. The van der Waals surface area contributed by atoms with Crippen LogP contribution in [0.15, 0.2) is 39.6 Å². The molecule has 6 heteroatoms. The Balaban J connectivity index is 1.66. The lowest BCUT2D eigenvalue weighted by molar-refractivity contribution is -0.139. The largest absolute Gasteiger partial charge is 0.467 e. The summed E-state index contributed by atoms with van der Waals surface area (Å²) in [6.45, 7) is 0.660. The van der Waals surface area contributed by atoms with Crippen molar-refractivity contribution in [3.8, 4) is 0 Å². The second-order valence-electron chi connectivity index (χ2n) is 3.90. The lowest BCUT2D eigenvalue weighted by Crippen LogP contribution is -2.40. The number of rotatable bonds is 5. The second kappa shape index (κ2) is 6.75. The highest BCUT2D eigenvalue weighted by atomic mass is 32.1. The fourth-order valence-electron chi connectivity index (χ4n) is 1.50. The Morgan fingerprint density at radius 3 is 2.74 bits per heavy atom. The van der Waals surface area contributed by atoms with Gasteiger partial charge in [0.25, 0.3) is 0 Å². The van der Waals surface area contributed by atoms with Gasteiger partial charge in [0.1, 0.15) is 5.76 Å². The van der Waals surface area contributed by atoms with Gasteiger partial charge in [-0.2, -0.15) is 11.3 Å². The van der Waals surface area contributed by atoms with Crippen LogP contribution in [0.4, 0.5) is 0 Å². The Morgan fingerprint density at radius 1 is 1.21 bits per heavy atom. The van der Waals surface area contributed by atoms with Crippen molar-refractivity contribution < 1.29 is 14.0 Å². The molecule has 0 saturated carbocycles. The maximum absolute atomic E-state index is 11.5. The fraction of sp³-hybridized carbons (Fsp3) is 0.231. The number of amides is 2. The van der Waals surface area contributed by atoms with Crippen molar-refractivity contribution in [1.29, 1.82) is 0 Å². The molecule has 5 nitrogen and oxygen atoms in total. The summed E-state index contributed by atoms with van der Waals surface area (Å²) in [7, 11) is 0. The quantitative estimate of drug-likeness (QED) is 0.810. The third-order valence-corrected chi connectivity index (χ3v) is 3.22. The molecule has 0 aliphatic rings. The maximum Gasteiger partial charge on any atom is 0.309 e. The van der Waals surface area contributed by atoms with Gasteiger partial charge in [-0.1, -0.05) is 0 Å². The SMILES string of the molecule is O=C(NCCc1ccsc1)C(=O)NCc1ccco1. The average Bonchev–Trinajstić information content (AvgIpc) is 3.08. The zero-order valence-electron chi connectivity index (χ0n) is 10.2. The van der Waals surface area contributed by atoms with Crippen LogP contribution in [-0.2, 0) is 22.6 Å². The summed E-state index contributed by atoms with van der Waals surface area (Å²) >= 11 is 1.61. The van der Waals surface area contributed by atoms with E-state index in [-0.39, 0.29) is 6.54 Å². The number of carbonyl (C=O) groups excluding carboxylic acids is 2. The molecule has 0 aromatic carbocycles. The number of hydrogen-bond donors (Lipinski definition) is 2. The van der Waals surface area contributed by atoms with Crippen molar-refractivity contribution in [1.82, 2.24) is 10.6 Å². The Kier molecular flexibility index (Phi) is 4.74. The minimum absolute atomic E-state index is 0.212. The fourth-order valence-corrected chi connectivity index (χ4v) is 2.20. The molecule has 0 radical (unpaired) electrons. The highest BCUT2D eigenvalue weighted by Crippen LogP contribution is 2.05. The minimum Gasteiger partial charge on any atom is -0.467 e. The van der Waals surface area contributed by atoms with E-state index >= 15 is 0 Å². The molecular weight excluding hydrogens is 264 g/mol. The first-order valence-electron chi connectivity index (χ1n) is 5.85. The van der Waals surface area contributed by atoms with Gasteiger partial charge < -0.3 is 15.1 Å². The second-order valence-corrected chi connectivity index (χ2v) is 4.68. The molecule has 0 fully saturated rings. The molecule has 100 valence electrons. The van der Waals surface area contributed by atoms with Crippen molar-refractivity contribution in [2.24, 2.45) is 0 Å². The molecule has 19 heavy (non-hydrogen) atoms. The predicted octanol–water partition coefficient (Wildman–Crippen LogP) is 1.32. The normalized spacial score (nSPS) is 10.1. The molecule has 2 heterocycles. The molecule has 0 spiro atoms. The van der Waals surface area contributed by atoms with Gasteiger partial charge in [0.05, 0.1) is 12.8 Å². The van der Waals surface area contributed by atoms with Gasteiger partial charge in [0.2, 0.25) is 0 Å². The molecule has 0 aliphatic heterocycles. The summed E-state index contributed by atoms with van der Waals surface area (Å²) in [4.78, 5) is 22.9. The van der Waals surface area contributed by atoms with Crippen LogP contribution in [0.5, 0.6) is 0 Å². The highest BCUT2D eigenvalue weighted by molar-refractivity contribution is 7.07. The Labute approximate surface area is 114 Å². The van der Waals surface area contributed by atoms with Crippen LogP contribution < -0.4 is 10.6 Å². The zero-order chi connectivity index (χ0) is 13.5. The van der Waals surface area contributed by atoms with E-state index in [2.05, 4.69) is 10.6 Å². The Bertz CT molecular complexity index is 520. The first-order chi connectivity index (χ1) is 9.25. The maximum atomic E-state index is 11.5. The molecule has 0 unspecified atom stereocenters. The molecule has 0 saturated heterocycles. The number of nitrogens with one attached hydrogen (secondary N) is 2. The summed E-state index contributed by atoms with van der Waals surface area (Å²) in [5.74, 6) is -0.664. The van der Waals surface area contributed by atoms with E-state index in [9.17, 15) is 9.59 Å². The summed E-state index contributed by atoms with van der Waals surface area (Å²) in [5.41, 5.74) is 1.15. The smallest absolute Gasteiger partial charge is 0.309 e. The molecule has 0 bridgehead atoms. The van der Waals surface area contributed by atoms with Gasteiger partial charge in [-0.3, -0.25) is 9.59 Å². The van der Waals surface area contributed by atoms with Gasteiger partial charge in [-0.05, 0) is 40.9 Å². The van der Waals surface area contributed by atoms with Crippen LogP contribution in [0.3, 0.4) is 0 Å². The number of thiophene rings is 1. The molecule has 0 atom stereocenters. The van der Waals surface area contributed by atoms with Crippen molar-refractivity contribution in [2.45, 2.75) is 13.0 Å². The van der Waals surface area contributed by atoms with Gasteiger partial charge >= 0.3 is 11.8 Å². The van der Waals surface area contributed by atoms with Crippen LogP contribution in [0.1, 0.15) is 11.3 Å². The van der Waals surface area contributed by atoms with E-state index in [1.807, 2.05) is 16.8 Å². The third kappa shape index (κ3) is 4.26. The van der Waals surface area contributed by atoms with Gasteiger partial charge in [0.15, 0.2) is 0 Å².